The van der Waals surface area contributed by atoms with E-state index in [4.69, 9.17) is 9.97 Å². The second-order valence-electron chi connectivity index (χ2n) is 7.46. The summed E-state index contributed by atoms with van der Waals surface area (Å²) in [7, 11) is 0. The molecule has 1 N–H and O–H groups in total. The van der Waals surface area contributed by atoms with E-state index < -0.39 is 0 Å². The molecule has 0 bridgehead atoms. The normalized spacial score (nSPS) is 13.5. The maximum absolute atomic E-state index is 12.8. The van der Waals surface area contributed by atoms with Crippen LogP contribution >= 0.6 is 23.1 Å². The molecule has 0 unspecified atom stereocenters. The molecule has 4 nitrogen and oxygen atoms in total. The van der Waals surface area contributed by atoms with Crippen LogP contribution in [0, 0.1) is 0 Å². The van der Waals surface area contributed by atoms with Gasteiger partial charge in [0.1, 0.15) is 0 Å². The fourth-order valence-corrected chi connectivity index (χ4v) is 5.06. The summed E-state index contributed by atoms with van der Waals surface area (Å²) >= 11 is 3.32. The molecule has 0 saturated heterocycles. The van der Waals surface area contributed by atoms with Gasteiger partial charge in [-0.15, -0.1) is 11.3 Å². The smallest absolute Gasteiger partial charge is 0.252 e. The van der Waals surface area contributed by atoms with Gasteiger partial charge in [-0.25, -0.2) is 9.97 Å². The summed E-state index contributed by atoms with van der Waals surface area (Å²) in [4.78, 5) is 22.3. The van der Waals surface area contributed by atoms with E-state index in [9.17, 15) is 4.79 Å². The average Bonchev–Trinajstić information content (AvgIpc) is 3.48. The van der Waals surface area contributed by atoms with Crippen LogP contribution in [0.5, 0.6) is 0 Å². The van der Waals surface area contributed by atoms with Crippen molar-refractivity contribution >= 4 is 39.9 Å². The number of fused-ring (bicyclic) bond motifs is 1. The molecular weight excluding hydrogens is 410 g/mol. The largest absolute Gasteiger partial charge is 0.349 e. The van der Waals surface area contributed by atoms with Crippen molar-refractivity contribution in [2.24, 2.45) is 0 Å². The lowest BCUT2D eigenvalue weighted by Gasteiger charge is -2.09. The van der Waals surface area contributed by atoms with Crippen molar-refractivity contribution in [1.82, 2.24) is 15.3 Å². The molecular formula is C24H21N3OS2. The zero-order valence-corrected chi connectivity index (χ0v) is 18.0. The summed E-state index contributed by atoms with van der Waals surface area (Å²) in [6.45, 7) is 0. The number of benzene rings is 2. The highest BCUT2D eigenvalue weighted by Gasteiger charge is 2.25. The molecule has 2 heterocycles. The van der Waals surface area contributed by atoms with Crippen LogP contribution in [0.15, 0.2) is 71.1 Å². The van der Waals surface area contributed by atoms with E-state index in [1.54, 1.807) is 23.1 Å². The SMILES string of the molecule is O=C(NC1CC1)c1cc(SCc2csc(Cc3ccccc3)n2)nc2ccccc12. The minimum atomic E-state index is -0.00300. The highest BCUT2D eigenvalue weighted by Crippen LogP contribution is 2.28. The monoisotopic (exact) mass is 431 g/mol. The lowest BCUT2D eigenvalue weighted by molar-refractivity contribution is 0.0952. The molecule has 150 valence electrons. The fraction of sp³-hybridized carbons (Fsp3) is 0.208. The van der Waals surface area contributed by atoms with Gasteiger partial charge in [0.25, 0.3) is 5.91 Å². The van der Waals surface area contributed by atoms with Gasteiger partial charge in [-0.05, 0) is 30.5 Å². The number of nitrogens with one attached hydrogen (secondary N) is 1. The van der Waals surface area contributed by atoms with E-state index in [1.165, 1.54) is 5.56 Å². The van der Waals surface area contributed by atoms with Crippen molar-refractivity contribution in [3.8, 4) is 0 Å². The van der Waals surface area contributed by atoms with Crippen molar-refractivity contribution in [2.45, 2.75) is 36.1 Å². The fourth-order valence-electron chi connectivity index (χ4n) is 3.32. The van der Waals surface area contributed by atoms with Crippen LogP contribution < -0.4 is 5.32 Å². The Bertz CT molecular complexity index is 1190. The molecule has 2 aromatic carbocycles. The van der Waals surface area contributed by atoms with Crippen LogP contribution in [0.1, 0.15) is 39.5 Å². The van der Waals surface area contributed by atoms with Crippen LogP contribution in [-0.4, -0.2) is 21.9 Å². The number of thioether (sulfide) groups is 1. The van der Waals surface area contributed by atoms with Crippen molar-refractivity contribution in [2.75, 3.05) is 0 Å². The zero-order chi connectivity index (χ0) is 20.3. The van der Waals surface area contributed by atoms with Crippen LogP contribution in [0.25, 0.3) is 10.9 Å². The molecule has 0 atom stereocenters. The lowest BCUT2D eigenvalue weighted by Crippen LogP contribution is -2.25. The molecule has 2 aromatic heterocycles. The predicted octanol–water partition coefficient (Wildman–Crippen LogP) is 5.47. The van der Waals surface area contributed by atoms with Crippen molar-refractivity contribution in [3.63, 3.8) is 0 Å². The Labute approximate surface area is 183 Å². The number of carbonyl (C=O) groups is 1. The quantitative estimate of drug-likeness (QED) is 0.395. The standard InChI is InChI=1S/C24H21N3OS2/c28-24(26-17-10-11-17)20-13-23(27-21-9-5-4-8-19(20)21)30-15-18-14-29-22(25-18)12-16-6-2-1-3-7-16/h1-9,13-14,17H,10-12,15H2,(H,26,28). The summed E-state index contributed by atoms with van der Waals surface area (Å²) in [6, 6.07) is 20.5. The van der Waals surface area contributed by atoms with Crippen LogP contribution in [0.2, 0.25) is 0 Å². The Hall–Kier alpha value is -2.70. The Morgan fingerprint density at radius 3 is 2.70 bits per heavy atom. The number of pyridine rings is 1. The Morgan fingerprint density at radius 1 is 1.07 bits per heavy atom. The summed E-state index contributed by atoms with van der Waals surface area (Å²) < 4.78 is 0. The molecule has 0 spiro atoms. The number of carbonyl (C=O) groups excluding carboxylic acids is 1. The number of amides is 1. The zero-order valence-electron chi connectivity index (χ0n) is 16.4. The van der Waals surface area contributed by atoms with Crippen molar-refractivity contribution in [3.05, 3.63) is 87.9 Å². The van der Waals surface area contributed by atoms with Crippen LogP contribution in [-0.2, 0) is 12.2 Å². The van der Waals surface area contributed by atoms with Gasteiger partial charge in [-0.1, -0.05) is 60.3 Å². The molecule has 4 aromatic rings. The number of thiazole rings is 1. The third-order valence-electron chi connectivity index (χ3n) is 5.02. The molecule has 1 aliphatic rings. The molecule has 1 saturated carbocycles. The van der Waals surface area contributed by atoms with E-state index in [0.717, 1.165) is 51.6 Å². The molecule has 5 rings (SSSR count). The van der Waals surface area contributed by atoms with Crippen molar-refractivity contribution in [1.29, 1.82) is 0 Å². The molecule has 1 fully saturated rings. The molecule has 30 heavy (non-hydrogen) atoms. The maximum Gasteiger partial charge on any atom is 0.252 e. The molecule has 1 aliphatic carbocycles. The maximum atomic E-state index is 12.8. The highest BCUT2D eigenvalue weighted by molar-refractivity contribution is 7.98. The van der Waals surface area contributed by atoms with E-state index >= 15 is 0 Å². The number of para-hydroxylation sites is 1. The summed E-state index contributed by atoms with van der Waals surface area (Å²) in [5, 5.41) is 8.10. The first kappa shape index (κ1) is 19.3. The van der Waals surface area contributed by atoms with Gasteiger partial charge in [0.15, 0.2) is 0 Å². The van der Waals surface area contributed by atoms with Gasteiger partial charge >= 0.3 is 0 Å². The Morgan fingerprint density at radius 2 is 1.87 bits per heavy atom. The van der Waals surface area contributed by atoms with Gasteiger partial charge in [0.05, 0.1) is 26.8 Å². The average molecular weight is 432 g/mol. The van der Waals surface area contributed by atoms with Crippen LogP contribution in [0.3, 0.4) is 0 Å². The molecule has 0 radical (unpaired) electrons. The number of aromatic nitrogens is 2. The number of nitrogens with zero attached hydrogens (tertiary/aromatic N) is 2. The van der Waals surface area contributed by atoms with Crippen molar-refractivity contribution < 1.29 is 4.79 Å². The predicted molar refractivity (Wildman–Crippen MR) is 123 cm³/mol. The Kier molecular flexibility index (Phi) is 5.51. The minimum Gasteiger partial charge on any atom is -0.349 e. The second-order valence-corrected chi connectivity index (χ2v) is 9.39. The second kappa shape index (κ2) is 8.58. The number of hydrogen-bond donors (Lipinski definition) is 1. The van der Waals surface area contributed by atoms with Crippen LogP contribution in [0.4, 0.5) is 0 Å². The van der Waals surface area contributed by atoms with Gasteiger partial charge in [0, 0.05) is 29.0 Å². The van der Waals surface area contributed by atoms with E-state index in [0.29, 0.717) is 11.6 Å². The topological polar surface area (TPSA) is 54.9 Å². The summed E-state index contributed by atoms with van der Waals surface area (Å²) in [5.74, 6) is 0.733. The summed E-state index contributed by atoms with van der Waals surface area (Å²) in [5.41, 5.74) is 3.88. The number of hydrogen-bond acceptors (Lipinski definition) is 5. The van der Waals surface area contributed by atoms with Gasteiger partial charge in [-0.3, -0.25) is 4.79 Å². The Balaban J connectivity index is 1.32. The summed E-state index contributed by atoms with van der Waals surface area (Å²) in [6.07, 6.45) is 3.01. The lowest BCUT2D eigenvalue weighted by atomic mass is 10.1. The molecule has 0 aliphatic heterocycles. The highest BCUT2D eigenvalue weighted by atomic mass is 32.2. The van der Waals surface area contributed by atoms with E-state index in [1.807, 2.05) is 36.4 Å². The molecule has 1 amide bonds. The van der Waals surface area contributed by atoms with E-state index in [-0.39, 0.29) is 5.91 Å². The third-order valence-corrected chi connectivity index (χ3v) is 6.86. The third kappa shape index (κ3) is 4.55. The molecule has 6 heteroatoms. The van der Waals surface area contributed by atoms with Gasteiger partial charge < -0.3 is 5.32 Å². The number of rotatable bonds is 7. The van der Waals surface area contributed by atoms with Gasteiger partial charge in [0.2, 0.25) is 0 Å². The minimum absolute atomic E-state index is 0.00300. The first-order valence-corrected chi connectivity index (χ1v) is 11.9. The van der Waals surface area contributed by atoms with E-state index in [2.05, 4.69) is 35.0 Å². The first-order valence-electron chi connectivity index (χ1n) is 10.1. The van der Waals surface area contributed by atoms with Gasteiger partial charge in [-0.2, -0.15) is 0 Å². The first-order chi connectivity index (χ1) is 14.7.